The molecular weight excluding hydrogens is 348 g/mol. The van der Waals surface area contributed by atoms with Crippen LogP contribution in [0.3, 0.4) is 0 Å². The summed E-state index contributed by atoms with van der Waals surface area (Å²) in [4.78, 5) is 12.1. The Morgan fingerprint density at radius 2 is 1.81 bits per heavy atom. The number of hydrogen-bond acceptors (Lipinski definition) is 5. The zero-order chi connectivity index (χ0) is 18.7. The Morgan fingerprint density at radius 1 is 1.04 bits per heavy atom. The summed E-state index contributed by atoms with van der Waals surface area (Å²) in [7, 11) is -1.50. The Morgan fingerprint density at radius 3 is 2.54 bits per heavy atom. The van der Waals surface area contributed by atoms with E-state index in [4.69, 9.17) is 23.7 Å². The van der Waals surface area contributed by atoms with Gasteiger partial charge in [0.05, 0.1) is 6.10 Å². The van der Waals surface area contributed by atoms with Crippen LogP contribution in [-0.4, -0.2) is 38.7 Å². The molecule has 5 nitrogen and oxygen atoms in total. The van der Waals surface area contributed by atoms with E-state index in [9.17, 15) is 0 Å². The third-order valence-corrected chi connectivity index (χ3v) is 8.30. The molecule has 0 aromatic heterocycles. The first-order valence-corrected chi connectivity index (χ1v) is 13.9. The molecule has 150 valence electrons. The van der Waals surface area contributed by atoms with Crippen LogP contribution in [0.2, 0.25) is 19.6 Å². The average molecular weight is 385 g/mol. The van der Waals surface area contributed by atoms with Gasteiger partial charge in [0.25, 0.3) is 0 Å². The molecule has 0 radical (unpaired) electrons. The molecule has 8 atom stereocenters. The van der Waals surface area contributed by atoms with E-state index in [-0.39, 0.29) is 12.4 Å². The van der Waals surface area contributed by atoms with Gasteiger partial charge in [0.2, 0.25) is 5.79 Å². The highest BCUT2D eigenvalue weighted by molar-refractivity contribution is 6.69. The fraction of sp³-hybridized carbons (Fsp3) is 1.00. The molecule has 0 aromatic rings. The van der Waals surface area contributed by atoms with Crippen LogP contribution in [-0.2, 0) is 23.7 Å². The van der Waals surface area contributed by atoms with Crippen LogP contribution in [0, 0.1) is 23.7 Å². The highest BCUT2D eigenvalue weighted by atomic mass is 28.4. The molecule has 0 amide bonds. The van der Waals surface area contributed by atoms with Crippen molar-refractivity contribution in [1.29, 1.82) is 0 Å². The van der Waals surface area contributed by atoms with Crippen LogP contribution in [0.1, 0.15) is 52.9 Å². The van der Waals surface area contributed by atoms with Crippen molar-refractivity contribution < 1.29 is 23.7 Å². The first-order valence-electron chi connectivity index (χ1n) is 10.5. The monoisotopic (exact) mass is 384 g/mol. The van der Waals surface area contributed by atoms with Crippen molar-refractivity contribution >= 4 is 8.32 Å². The summed E-state index contributed by atoms with van der Waals surface area (Å²) in [5.74, 6) is 1.21. The second kappa shape index (κ2) is 6.53. The summed E-state index contributed by atoms with van der Waals surface area (Å²) >= 11 is 0. The van der Waals surface area contributed by atoms with Crippen LogP contribution in [0.4, 0.5) is 0 Å². The molecule has 5 rings (SSSR count). The molecule has 1 saturated carbocycles. The second-order valence-corrected chi connectivity index (χ2v) is 14.7. The molecule has 4 saturated heterocycles. The number of fused-ring (bicyclic) bond motifs is 2. The molecule has 1 unspecified atom stereocenters. The molecule has 0 aromatic carbocycles. The maximum absolute atomic E-state index is 6.58. The Hall–Kier alpha value is 0.0169. The van der Waals surface area contributed by atoms with Gasteiger partial charge in [-0.25, -0.2) is 9.78 Å². The zero-order valence-corrected chi connectivity index (χ0v) is 18.2. The molecule has 2 bridgehead atoms. The van der Waals surface area contributed by atoms with Gasteiger partial charge in [0, 0.05) is 18.9 Å². The average Bonchev–Trinajstić information content (AvgIpc) is 2.77. The van der Waals surface area contributed by atoms with Crippen molar-refractivity contribution in [2.75, 3.05) is 6.61 Å². The normalized spacial score (nSPS) is 51.0. The van der Waals surface area contributed by atoms with Crippen molar-refractivity contribution in [2.45, 2.75) is 96.3 Å². The predicted octanol–water partition coefficient (Wildman–Crippen LogP) is 4.48. The molecule has 5 aliphatic rings. The van der Waals surface area contributed by atoms with Crippen LogP contribution in [0.15, 0.2) is 0 Å². The number of hydrogen-bond donors (Lipinski definition) is 0. The number of rotatable bonds is 4. The third kappa shape index (κ3) is 3.10. The lowest BCUT2D eigenvalue weighted by Gasteiger charge is -2.60. The first kappa shape index (κ1) is 19.3. The van der Waals surface area contributed by atoms with Crippen LogP contribution in [0.5, 0.6) is 0 Å². The lowest BCUT2D eigenvalue weighted by molar-refractivity contribution is -0.571. The molecular formula is C20H36O5Si. The fourth-order valence-electron chi connectivity index (χ4n) is 5.79. The van der Waals surface area contributed by atoms with E-state index in [1.54, 1.807) is 0 Å². The van der Waals surface area contributed by atoms with Gasteiger partial charge in [0.15, 0.2) is 20.2 Å². The van der Waals surface area contributed by atoms with Crippen molar-refractivity contribution in [3.05, 3.63) is 0 Å². The van der Waals surface area contributed by atoms with Crippen molar-refractivity contribution in [1.82, 2.24) is 0 Å². The lowest BCUT2D eigenvalue weighted by Crippen LogP contribution is -2.70. The summed E-state index contributed by atoms with van der Waals surface area (Å²) in [5, 5.41) is 0. The van der Waals surface area contributed by atoms with Gasteiger partial charge in [-0.05, 0) is 70.0 Å². The van der Waals surface area contributed by atoms with Crippen molar-refractivity contribution in [2.24, 2.45) is 23.7 Å². The molecule has 1 aliphatic carbocycles. The molecule has 4 heterocycles. The minimum atomic E-state index is -1.50. The topological polar surface area (TPSA) is 46.2 Å². The van der Waals surface area contributed by atoms with Gasteiger partial charge in [-0.15, -0.1) is 0 Å². The SMILES string of the molecule is C[C@@H]1CCC2[C@@H](C)[C@@H](CCO[Si](C)(C)C)O[C@@H]3O[C@]4(C)CC[C@@H]1[C@@]23OO4. The van der Waals surface area contributed by atoms with Gasteiger partial charge in [-0.1, -0.05) is 13.8 Å². The standard InChI is InChI=1S/C20H36O5Si/c1-13-7-8-16-14(2)17(10-12-21-26(4,5)6)22-18-20(16)15(13)9-11-19(3,23-18)24-25-20/h13-18H,7-12H2,1-6H3/t13-,14-,15+,16?,17-,18-,19+,20-/m1/s1. The van der Waals surface area contributed by atoms with Gasteiger partial charge in [-0.2, -0.15) is 0 Å². The lowest BCUT2D eigenvalue weighted by atomic mass is 9.57. The van der Waals surface area contributed by atoms with E-state index in [1.165, 1.54) is 6.42 Å². The highest BCUT2D eigenvalue weighted by Gasteiger charge is 2.69. The highest BCUT2D eigenvalue weighted by Crippen LogP contribution is 2.60. The number of ether oxygens (including phenoxy) is 2. The summed E-state index contributed by atoms with van der Waals surface area (Å²) in [5.41, 5.74) is -0.441. The van der Waals surface area contributed by atoms with Crippen LogP contribution >= 0.6 is 0 Å². The smallest absolute Gasteiger partial charge is 0.201 e. The van der Waals surface area contributed by atoms with Gasteiger partial charge >= 0.3 is 0 Å². The van der Waals surface area contributed by atoms with E-state index < -0.39 is 19.7 Å². The molecule has 5 fully saturated rings. The maximum Gasteiger partial charge on any atom is 0.201 e. The maximum atomic E-state index is 6.58. The minimum absolute atomic E-state index is 0.160. The summed E-state index contributed by atoms with van der Waals surface area (Å²) in [6, 6.07) is 0. The minimum Gasteiger partial charge on any atom is -0.418 e. The van der Waals surface area contributed by atoms with E-state index in [0.29, 0.717) is 23.7 Å². The fourth-order valence-corrected chi connectivity index (χ4v) is 6.52. The largest absolute Gasteiger partial charge is 0.418 e. The van der Waals surface area contributed by atoms with Gasteiger partial charge < -0.3 is 13.9 Å². The van der Waals surface area contributed by atoms with E-state index in [0.717, 1.165) is 32.3 Å². The Labute approximate surface area is 159 Å². The quantitative estimate of drug-likeness (QED) is 0.528. The molecule has 4 aliphatic heterocycles. The molecule has 26 heavy (non-hydrogen) atoms. The Bertz CT molecular complexity index is 537. The first-order chi connectivity index (χ1) is 12.1. The van der Waals surface area contributed by atoms with Gasteiger partial charge in [0.1, 0.15) is 0 Å². The zero-order valence-electron chi connectivity index (χ0n) is 17.2. The van der Waals surface area contributed by atoms with E-state index in [2.05, 4.69) is 33.5 Å². The van der Waals surface area contributed by atoms with Crippen molar-refractivity contribution in [3.63, 3.8) is 0 Å². The second-order valence-electron chi connectivity index (χ2n) is 10.2. The molecule has 1 spiro atoms. The summed E-state index contributed by atoms with van der Waals surface area (Å²) in [6.45, 7) is 14.1. The predicted molar refractivity (Wildman–Crippen MR) is 101 cm³/mol. The van der Waals surface area contributed by atoms with Crippen LogP contribution < -0.4 is 0 Å². The Kier molecular flexibility index (Phi) is 4.86. The van der Waals surface area contributed by atoms with Crippen LogP contribution in [0.25, 0.3) is 0 Å². The van der Waals surface area contributed by atoms with Crippen molar-refractivity contribution in [3.8, 4) is 0 Å². The Balaban J connectivity index is 1.58. The summed E-state index contributed by atoms with van der Waals surface area (Å²) < 4.78 is 19.1. The third-order valence-electron chi connectivity index (χ3n) is 7.23. The molecule has 0 N–H and O–H groups in total. The van der Waals surface area contributed by atoms with E-state index in [1.807, 2.05) is 6.92 Å². The molecule has 6 heteroatoms. The van der Waals surface area contributed by atoms with E-state index >= 15 is 0 Å². The summed E-state index contributed by atoms with van der Waals surface area (Å²) in [6.07, 6.45) is 5.13. The van der Waals surface area contributed by atoms with Gasteiger partial charge in [-0.3, -0.25) is 0 Å².